The number of H-pyrrole nitrogens is 1. The summed E-state index contributed by atoms with van der Waals surface area (Å²) >= 11 is 0. The number of pyridine rings is 5. The Morgan fingerprint density at radius 1 is 0.306 bits per heavy atom. The number of hydrogen-bond donors (Lipinski definition) is 1. The first kappa shape index (κ1) is 58.7. The maximum Gasteiger partial charge on any atom is 0.300 e. The van der Waals surface area contributed by atoms with Crippen molar-refractivity contribution in [3.05, 3.63) is 299 Å². The smallest absolute Gasteiger partial charge is 0.300 e. The molecule has 7 aliphatic rings. The van der Waals surface area contributed by atoms with Crippen LogP contribution in [-0.2, 0) is 47.1 Å². The molecule has 1 N–H and O–H groups in total. The lowest BCUT2D eigenvalue weighted by Gasteiger charge is -2.15. The van der Waals surface area contributed by atoms with Gasteiger partial charge in [-0.2, -0.15) is 36.5 Å². The van der Waals surface area contributed by atoms with Crippen molar-refractivity contribution in [1.29, 1.82) is 0 Å². The first-order valence-corrected chi connectivity index (χ1v) is 32.3. The van der Waals surface area contributed by atoms with E-state index in [-0.39, 0.29) is 0 Å². The van der Waals surface area contributed by atoms with Crippen molar-refractivity contribution in [2.24, 2.45) is 0 Å². The summed E-state index contributed by atoms with van der Waals surface area (Å²) in [5, 5.41) is 4.98. The molecular weight excluding hydrogens is 1230 g/mol. The Balaban J connectivity index is 0.0000000865. The Bertz CT molecular complexity index is 5240. The van der Waals surface area contributed by atoms with Crippen molar-refractivity contribution in [2.75, 3.05) is 0 Å². The molecule has 8 aromatic carbocycles. The topological polar surface area (TPSA) is 138 Å². The highest BCUT2D eigenvalue weighted by Crippen LogP contribution is 2.36. The van der Waals surface area contributed by atoms with Gasteiger partial charge in [0.2, 0.25) is 30.4 Å². The lowest BCUT2D eigenvalue weighted by Crippen LogP contribution is -2.41. The minimum atomic E-state index is 0.562. The number of nitrogens with zero attached hydrogens (tertiary/aromatic N) is 10. The SMILES string of the molecule is c1cc2c3c(c1)ccc1ccc[n+](c13)CO2.c1cc2c3c(c1)ccc[n+]3CO2.c1cc2c3c(c1)ncc[n+]3CO2.c1cc2nccc3c2[n+](c1)CO3.c1ccc(-n2cc[n+]3c2-c2ccccc2OC3)cc1.c1ccc2c(c1)OC[n+]1cc[nH]c1-2.c1ccc2c(c1)OC[n+]1ccccc1-2. The van der Waals surface area contributed by atoms with Crippen molar-refractivity contribution in [3.8, 4) is 80.0 Å². The van der Waals surface area contributed by atoms with Gasteiger partial charge < -0.3 is 33.2 Å². The summed E-state index contributed by atoms with van der Waals surface area (Å²) in [5.41, 5.74) is 12.5. The Hall–Kier alpha value is -13.1. The van der Waals surface area contributed by atoms with Crippen molar-refractivity contribution in [3.63, 3.8) is 0 Å². The molecule has 0 bridgehead atoms. The van der Waals surface area contributed by atoms with Gasteiger partial charge in [0.05, 0.1) is 22.5 Å². The Morgan fingerprint density at radius 2 is 0.786 bits per heavy atom. The summed E-state index contributed by atoms with van der Waals surface area (Å²) in [6.45, 7) is 4.23. The largest absolute Gasteiger partial charge is 0.453 e. The van der Waals surface area contributed by atoms with E-state index in [4.69, 9.17) is 33.2 Å². The molecule has 23 rings (SSSR count). The number of rotatable bonds is 1. The highest BCUT2D eigenvalue weighted by atomic mass is 16.5. The fraction of sp³-hybridized carbons (Fsp3) is 0.0875. The number of aromatic nitrogens is 11. The molecule has 8 aromatic heterocycles. The monoisotopic (exact) mass is 1290 g/mol. The summed E-state index contributed by atoms with van der Waals surface area (Å²) in [7, 11) is 0. The average Bonchev–Trinajstić information content (AvgIpc) is 1.15. The molecule has 0 fully saturated rings. The maximum absolute atomic E-state index is 5.75. The van der Waals surface area contributed by atoms with Crippen LogP contribution in [0.15, 0.2) is 299 Å². The third-order valence-electron chi connectivity index (χ3n) is 17.7. The Morgan fingerprint density at radius 3 is 1.55 bits per heavy atom. The molecule has 18 heteroatoms. The molecule has 0 saturated carbocycles. The van der Waals surface area contributed by atoms with Crippen LogP contribution in [0.2, 0.25) is 0 Å². The predicted molar refractivity (Wildman–Crippen MR) is 364 cm³/mol. The molecule has 16 aromatic rings. The number of hydrogen-bond acceptors (Lipinski definition) is 9. The van der Waals surface area contributed by atoms with Gasteiger partial charge in [0.25, 0.3) is 56.0 Å². The molecule has 0 atom stereocenters. The van der Waals surface area contributed by atoms with Crippen LogP contribution in [0.25, 0.3) is 94.4 Å². The van der Waals surface area contributed by atoms with E-state index in [0.29, 0.717) is 47.1 Å². The zero-order chi connectivity index (χ0) is 65.1. The predicted octanol–water partition coefficient (Wildman–Crippen LogP) is 11.9. The van der Waals surface area contributed by atoms with Crippen molar-refractivity contribution in [2.45, 2.75) is 47.1 Å². The van der Waals surface area contributed by atoms with Crippen molar-refractivity contribution < 1.29 is 65.1 Å². The van der Waals surface area contributed by atoms with Crippen LogP contribution in [0.3, 0.4) is 0 Å². The highest BCUT2D eigenvalue weighted by Gasteiger charge is 2.30. The van der Waals surface area contributed by atoms with E-state index in [1.165, 1.54) is 43.8 Å². The molecule has 474 valence electrons. The average molecular weight is 1290 g/mol. The van der Waals surface area contributed by atoms with Gasteiger partial charge >= 0.3 is 5.82 Å². The van der Waals surface area contributed by atoms with Crippen LogP contribution in [0, 0.1) is 0 Å². The van der Waals surface area contributed by atoms with E-state index in [9.17, 15) is 0 Å². The van der Waals surface area contributed by atoms with Gasteiger partial charge in [-0.05, 0) is 115 Å². The van der Waals surface area contributed by atoms with Gasteiger partial charge in [-0.1, -0.05) is 84.9 Å². The summed E-state index contributed by atoms with van der Waals surface area (Å²) in [4.78, 5) is 11.7. The quantitative estimate of drug-likeness (QED) is 0.126. The standard InChI is InChI=1S/C16H13N2O.C14H10NO.C12H10NO.C10H8N2O.C10H8NO.2C9H7N2O/c1-2-6-13(7-3-1)18-11-10-17-12-19-15-9-5-4-8-14(15)16(17)18;1-3-10-6-7-11-4-2-8-15-9-16-12(5-1)13(10)14(11)15;1-2-7-12-10(5-1)11-6-3-4-8-13(11)9-14-12;1-2-4-9-8(3-1)10-11-5-6-12(10)7-13-9;1-3-8-4-2-6-11-7-12-9(5-1)10(8)11;1-2-7-9-8(3-4-10-7)12-6-11(9)5-1;1-2-7-9-8(3-1)12-6-11(9)5-4-10-7/h1-11H,12H2;1-8H,9H2;1-8H,9H2;1-6H,7H2;1-6H,7H2;2*1-5H,6H2/q3*+1;;3*+1/p+1. The Kier molecular flexibility index (Phi) is 15.6. The Labute approximate surface area is 562 Å². The molecule has 7 aliphatic heterocycles. The summed E-state index contributed by atoms with van der Waals surface area (Å²) in [6, 6.07) is 77.6. The second-order valence-corrected chi connectivity index (χ2v) is 23.6. The van der Waals surface area contributed by atoms with Gasteiger partial charge in [-0.15, -0.1) is 0 Å². The number of benzene rings is 8. The fourth-order valence-corrected chi connectivity index (χ4v) is 13.2. The summed E-state index contributed by atoms with van der Waals surface area (Å²) < 4.78 is 55.9. The highest BCUT2D eigenvalue weighted by molar-refractivity contribution is 6.07. The van der Waals surface area contributed by atoms with Crippen LogP contribution >= 0.6 is 0 Å². The zero-order valence-electron chi connectivity index (χ0n) is 53.1. The molecule has 18 nitrogen and oxygen atoms in total. The van der Waals surface area contributed by atoms with Crippen LogP contribution in [0.1, 0.15) is 0 Å². The number of aromatic amines is 1. The first-order chi connectivity index (χ1) is 48.6. The van der Waals surface area contributed by atoms with E-state index in [1.807, 2.05) is 181 Å². The van der Waals surface area contributed by atoms with E-state index in [1.54, 1.807) is 12.4 Å². The van der Waals surface area contributed by atoms with E-state index in [2.05, 4.69) is 157 Å². The number of fused-ring (bicyclic) bond motifs is 9. The maximum atomic E-state index is 5.75. The third-order valence-corrected chi connectivity index (χ3v) is 17.7. The van der Waals surface area contributed by atoms with Gasteiger partial charge in [0, 0.05) is 48.0 Å². The molecule has 0 amide bonds. The number of nitrogens with one attached hydrogen (secondary N) is 1. The van der Waals surface area contributed by atoms with Gasteiger partial charge in [0.15, 0.2) is 42.5 Å². The lowest BCUT2D eigenvalue weighted by atomic mass is 10.0. The molecule has 0 spiro atoms. The summed E-state index contributed by atoms with van der Waals surface area (Å²) in [6.07, 6.45) is 21.7. The molecule has 0 radical (unpaired) electrons. The van der Waals surface area contributed by atoms with Crippen molar-refractivity contribution >= 4 is 54.6 Å². The molecule has 15 heterocycles. The van der Waals surface area contributed by atoms with Gasteiger partial charge in [0.1, 0.15) is 75.6 Å². The molecule has 98 heavy (non-hydrogen) atoms. The summed E-state index contributed by atoms with van der Waals surface area (Å²) in [5.74, 6) is 8.99. The third kappa shape index (κ3) is 11.3. The second-order valence-electron chi connectivity index (χ2n) is 23.6. The normalized spacial score (nSPS) is 13.0. The van der Waals surface area contributed by atoms with Crippen LogP contribution < -0.4 is 65.1 Å². The number of ether oxygens (including phenoxy) is 7. The molecule has 0 saturated heterocycles. The van der Waals surface area contributed by atoms with Crippen LogP contribution in [-0.4, -0.2) is 19.5 Å². The minimum absolute atomic E-state index is 0.562. The molecule has 0 unspecified atom stereocenters. The van der Waals surface area contributed by atoms with E-state index < -0.39 is 0 Å². The number of imidazole rings is 2. The molecular formula is C80H64N11O7+7. The van der Waals surface area contributed by atoms with E-state index >= 15 is 0 Å². The lowest BCUT2D eigenvalue weighted by molar-refractivity contribution is -0.717. The van der Waals surface area contributed by atoms with E-state index in [0.717, 1.165) is 90.8 Å². The first-order valence-electron chi connectivity index (χ1n) is 32.3. The van der Waals surface area contributed by atoms with Crippen LogP contribution in [0.5, 0.6) is 40.2 Å². The minimum Gasteiger partial charge on any atom is -0.453 e. The second kappa shape index (κ2) is 26.0. The van der Waals surface area contributed by atoms with Crippen LogP contribution in [0.4, 0.5) is 0 Å². The molecule has 0 aliphatic carbocycles. The number of para-hydroxylation sites is 6. The van der Waals surface area contributed by atoms with Gasteiger partial charge in [-0.25, -0.2) is 15.0 Å². The van der Waals surface area contributed by atoms with Crippen molar-refractivity contribution in [1.82, 2.24) is 19.5 Å². The van der Waals surface area contributed by atoms with Gasteiger partial charge in [-0.3, -0.25) is 0 Å². The zero-order valence-corrected chi connectivity index (χ0v) is 53.1. The fourth-order valence-electron chi connectivity index (χ4n) is 13.2.